The molecule has 1 heterocycles. The van der Waals surface area contributed by atoms with E-state index in [1.165, 1.54) is 6.92 Å². The average Bonchev–Trinajstić information content (AvgIpc) is 3.36. The molecule has 1 aromatic heterocycles. The molecule has 4 N–H and O–H groups in total. The van der Waals surface area contributed by atoms with Gasteiger partial charge in [-0.1, -0.05) is 24.6 Å². The van der Waals surface area contributed by atoms with E-state index in [0.29, 0.717) is 67.3 Å². The van der Waals surface area contributed by atoms with E-state index in [9.17, 15) is 14.4 Å². The maximum Gasteiger partial charge on any atom is 0.220 e. The van der Waals surface area contributed by atoms with Crippen LogP contribution in [-0.4, -0.2) is 56.2 Å². The quantitative estimate of drug-likeness (QED) is 0.124. The number of H-pyrrole nitrogens is 1. The predicted octanol–water partition coefficient (Wildman–Crippen LogP) is 5.46. The fourth-order valence-corrected chi connectivity index (χ4v) is 6.36. The van der Waals surface area contributed by atoms with Gasteiger partial charge in [0.15, 0.2) is 11.5 Å². The molecule has 4 aromatic rings. The number of amides is 2. The second-order valence-corrected chi connectivity index (χ2v) is 12.0. The first kappa shape index (κ1) is 34.3. The van der Waals surface area contributed by atoms with Gasteiger partial charge in [-0.25, -0.2) is 4.98 Å². The van der Waals surface area contributed by atoms with E-state index in [2.05, 4.69) is 25.9 Å². The van der Waals surface area contributed by atoms with Gasteiger partial charge in [-0.05, 0) is 79.1 Å². The lowest BCUT2D eigenvalue weighted by Gasteiger charge is -2.19. The summed E-state index contributed by atoms with van der Waals surface area (Å²) in [7, 11) is 4.70. The molecule has 48 heavy (non-hydrogen) atoms. The van der Waals surface area contributed by atoms with Gasteiger partial charge in [-0.3, -0.25) is 14.4 Å². The molecule has 1 aliphatic carbocycles. The van der Waals surface area contributed by atoms with Crippen molar-refractivity contribution in [3.05, 3.63) is 75.7 Å². The molecule has 5 rings (SSSR count). The minimum atomic E-state index is -0.381. The number of nitrogens with one attached hydrogen (secondary N) is 4. The van der Waals surface area contributed by atoms with Crippen LogP contribution in [0.25, 0.3) is 22.2 Å². The van der Waals surface area contributed by atoms with E-state index in [4.69, 9.17) is 14.2 Å². The number of fused-ring (bicyclic) bond motifs is 4. The zero-order valence-electron chi connectivity index (χ0n) is 28.2. The second kappa shape index (κ2) is 16.2. The number of hydrogen-bond donors (Lipinski definition) is 4. The molecule has 11 nitrogen and oxygen atoms in total. The molecule has 0 bridgehead atoms. The van der Waals surface area contributed by atoms with E-state index >= 15 is 0 Å². The highest BCUT2D eigenvalue weighted by Gasteiger charge is 2.29. The lowest BCUT2D eigenvalue weighted by atomic mass is 9.95. The number of rotatable bonds is 15. The standard InChI is InChI=1S/C37H45N5O6/c1-23(43)40-27-17-15-24-21-32(46-2)36(47-3)37(48-4)35(24)25-16-18-30(31(44)22-26(25)27)38-20-10-14-34(45)39-19-9-5-6-13-33-41-28-11-7-8-12-29(28)42-33/h7-8,11-12,16,18,21-22,27H,5-6,9-10,13-15,17,19-20H2,1-4H3,(H,38,44)(H,39,45)(H,40,43)(H,41,42)/t27-/m0/s1. The van der Waals surface area contributed by atoms with Gasteiger partial charge in [0.1, 0.15) is 5.82 Å². The van der Waals surface area contributed by atoms with Crippen molar-refractivity contribution in [2.45, 2.75) is 64.3 Å². The van der Waals surface area contributed by atoms with Crippen molar-refractivity contribution in [3.63, 3.8) is 0 Å². The Bertz CT molecular complexity index is 1790. The molecule has 254 valence electrons. The van der Waals surface area contributed by atoms with Crippen LogP contribution in [0.4, 0.5) is 5.69 Å². The highest BCUT2D eigenvalue weighted by Crippen LogP contribution is 2.50. The van der Waals surface area contributed by atoms with Crippen LogP contribution in [0.5, 0.6) is 17.2 Å². The number of benzene rings is 2. The van der Waals surface area contributed by atoms with Gasteiger partial charge < -0.3 is 35.1 Å². The van der Waals surface area contributed by atoms with Gasteiger partial charge in [-0.15, -0.1) is 0 Å². The van der Waals surface area contributed by atoms with Crippen LogP contribution in [0.2, 0.25) is 0 Å². The molecule has 0 saturated carbocycles. The van der Waals surface area contributed by atoms with Crippen LogP contribution in [0.1, 0.15) is 68.4 Å². The fourth-order valence-electron chi connectivity index (χ4n) is 6.36. The zero-order valence-corrected chi connectivity index (χ0v) is 28.2. The third-order valence-corrected chi connectivity index (χ3v) is 8.66. The van der Waals surface area contributed by atoms with Crippen LogP contribution in [0.3, 0.4) is 0 Å². The number of unbranched alkanes of at least 4 members (excludes halogenated alkanes) is 2. The summed E-state index contributed by atoms with van der Waals surface area (Å²) in [6.07, 6.45) is 5.92. The van der Waals surface area contributed by atoms with Gasteiger partial charge >= 0.3 is 0 Å². The largest absolute Gasteiger partial charge is 0.493 e. The van der Waals surface area contributed by atoms with Crippen molar-refractivity contribution in [1.82, 2.24) is 20.6 Å². The monoisotopic (exact) mass is 655 g/mol. The predicted molar refractivity (Wildman–Crippen MR) is 187 cm³/mol. The average molecular weight is 656 g/mol. The molecule has 11 heteroatoms. The number of methoxy groups -OCH3 is 3. The molecule has 0 fully saturated rings. The molecule has 3 aromatic carbocycles. The smallest absolute Gasteiger partial charge is 0.220 e. The zero-order chi connectivity index (χ0) is 34.0. The molecule has 0 radical (unpaired) electrons. The molecule has 0 saturated heterocycles. The molecule has 2 amide bonds. The van der Waals surface area contributed by atoms with Crippen LogP contribution >= 0.6 is 0 Å². The second-order valence-electron chi connectivity index (χ2n) is 12.0. The number of hydrogen-bond acceptors (Lipinski definition) is 8. The summed E-state index contributed by atoms with van der Waals surface area (Å²) in [6.45, 7) is 2.56. The number of nitrogens with zero attached hydrogens (tertiary/aromatic N) is 1. The Morgan fingerprint density at radius 2 is 1.75 bits per heavy atom. The minimum Gasteiger partial charge on any atom is -0.493 e. The molecular weight excluding hydrogens is 610 g/mol. The van der Waals surface area contributed by atoms with E-state index < -0.39 is 0 Å². The van der Waals surface area contributed by atoms with Gasteiger partial charge in [0.05, 0.1) is 44.1 Å². The number of carbonyl (C=O) groups is 2. The first-order chi connectivity index (χ1) is 23.3. The minimum absolute atomic E-state index is 0.00649. The van der Waals surface area contributed by atoms with Crippen molar-refractivity contribution >= 4 is 28.5 Å². The van der Waals surface area contributed by atoms with Gasteiger partial charge in [-0.2, -0.15) is 0 Å². The van der Waals surface area contributed by atoms with Crippen molar-refractivity contribution in [1.29, 1.82) is 0 Å². The molecule has 1 aliphatic rings. The third-order valence-electron chi connectivity index (χ3n) is 8.66. The number of aromatic amines is 1. The number of aromatic nitrogens is 2. The Kier molecular flexibility index (Phi) is 11.5. The van der Waals surface area contributed by atoms with E-state index in [-0.39, 0.29) is 23.3 Å². The Labute approximate surface area is 280 Å². The summed E-state index contributed by atoms with van der Waals surface area (Å²) >= 11 is 0. The first-order valence-corrected chi connectivity index (χ1v) is 16.5. The number of anilines is 1. The van der Waals surface area contributed by atoms with E-state index in [1.807, 2.05) is 36.4 Å². The number of carbonyl (C=O) groups excluding carboxylic acids is 2. The van der Waals surface area contributed by atoms with Crippen molar-refractivity contribution in [3.8, 4) is 28.4 Å². The summed E-state index contributed by atoms with van der Waals surface area (Å²) in [5.41, 5.74) is 5.47. The number of para-hydroxylation sites is 2. The van der Waals surface area contributed by atoms with E-state index in [0.717, 1.165) is 59.2 Å². The molecule has 0 unspecified atom stereocenters. The Balaban J connectivity index is 1.18. The normalized spacial score (nSPS) is 13.5. The summed E-state index contributed by atoms with van der Waals surface area (Å²) in [4.78, 5) is 46.1. The Morgan fingerprint density at radius 1 is 0.938 bits per heavy atom. The van der Waals surface area contributed by atoms with Crippen molar-refractivity contribution in [2.24, 2.45) is 0 Å². The summed E-state index contributed by atoms with van der Waals surface area (Å²) < 4.78 is 17.1. The Morgan fingerprint density at radius 3 is 2.50 bits per heavy atom. The number of aryl methyl sites for hydroxylation is 2. The third kappa shape index (κ3) is 8.07. The first-order valence-electron chi connectivity index (χ1n) is 16.5. The summed E-state index contributed by atoms with van der Waals surface area (Å²) in [5.74, 6) is 2.31. The number of imidazole rings is 1. The molecular formula is C37H45N5O6. The number of ether oxygens (including phenoxy) is 3. The van der Waals surface area contributed by atoms with E-state index in [1.54, 1.807) is 33.5 Å². The topological polar surface area (TPSA) is 144 Å². The highest BCUT2D eigenvalue weighted by atomic mass is 16.5. The summed E-state index contributed by atoms with van der Waals surface area (Å²) in [5, 5.41) is 9.24. The highest BCUT2D eigenvalue weighted by molar-refractivity contribution is 5.84. The fraction of sp³-hybridized carbons (Fsp3) is 0.405. The van der Waals surface area contributed by atoms with Gasteiger partial charge in [0.2, 0.25) is 23.0 Å². The van der Waals surface area contributed by atoms with Gasteiger partial charge in [0, 0.05) is 38.4 Å². The lowest BCUT2D eigenvalue weighted by Crippen LogP contribution is -2.26. The maximum atomic E-state index is 13.5. The SMILES string of the molecule is COc1cc2c(c(OC)c1OC)-c1ccc(NCCCC(=O)NCCCCCc3nc4ccccc4[nH]3)c(=O)cc1[C@@H](NC(C)=O)CC2. The van der Waals surface area contributed by atoms with Gasteiger partial charge in [0.25, 0.3) is 0 Å². The van der Waals surface area contributed by atoms with Crippen LogP contribution < -0.4 is 35.6 Å². The van der Waals surface area contributed by atoms with Crippen molar-refractivity contribution < 1.29 is 23.8 Å². The maximum absolute atomic E-state index is 13.5. The van der Waals surface area contributed by atoms with Crippen LogP contribution in [-0.2, 0) is 22.4 Å². The molecule has 0 spiro atoms. The van der Waals surface area contributed by atoms with Crippen molar-refractivity contribution in [2.75, 3.05) is 39.7 Å². The summed E-state index contributed by atoms with van der Waals surface area (Å²) in [6, 6.07) is 14.8. The molecule has 0 aliphatic heterocycles. The van der Waals surface area contributed by atoms with Crippen LogP contribution in [0, 0.1) is 0 Å². The Hall–Kier alpha value is -5.06. The molecule has 1 atom stereocenters. The lowest BCUT2D eigenvalue weighted by molar-refractivity contribution is -0.121. The van der Waals surface area contributed by atoms with Crippen LogP contribution in [0.15, 0.2) is 53.3 Å².